The van der Waals surface area contributed by atoms with E-state index in [1.165, 1.54) is 7.11 Å². The summed E-state index contributed by atoms with van der Waals surface area (Å²) in [5, 5.41) is 30.7. The molecule has 0 saturated heterocycles. The summed E-state index contributed by atoms with van der Waals surface area (Å²) >= 11 is 0. The minimum absolute atomic E-state index is 0.0668. The first-order valence-corrected chi connectivity index (χ1v) is 6.13. The first kappa shape index (κ1) is 15.2. The molecule has 0 aliphatic carbocycles. The lowest BCUT2D eigenvalue weighted by Crippen LogP contribution is -2.07. The third-order valence-electron chi connectivity index (χ3n) is 2.76. The largest absolute Gasteiger partial charge is 0.504 e. The number of aromatic amines is 1. The molecule has 116 valence electrons. The van der Waals surface area contributed by atoms with Crippen LogP contribution in [0.15, 0.2) is 12.1 Å². The second kappa shape index (κ2) is 6.08. The normalized spacial score (nSPS) is 10.3. The monoisotopic (exact) mass is 308 g/mol. The third kappa shape index (κ3) is 2.66. The molecule has 0 aliphatic heterocycles. The zero-order chi connectivity index (χ0) is 16.3. The van der Waals surface area contributed by atoms with Gasteiger partial charge in [-0.15, -0.1) is 5.10 Å². The summed E-state index contributed by atoms with van der Waals surface area (Å²) < 4.78 is 9.71. The van der Waals surface area contributed by atoms with Gasteiger partial charge in [-0.05, 0) is 6.92 Å². The highest BCUT2D eigenvalue weighted by molar-refractivity contribution is 5.95. The Morgan fingerprint density at radius 2 is 2.18 bits per heavy atom. The molecule has 0 bridgehead atoms. The molecule has 0 aliphatic rings. The van der Waals surface area contributed by atoms with E-state index in [0.29, 0.717) is 0 Å². The number of esters is 1. The molecule has 2 rings (SSSR count). The summed E-state index contributed by atoms with van der Waals surface area (Å²) in [6.07, 6.45) is 0. The fourth-order valence-corrected chi connectivity index (χ4v) is 1.80. The fraction of sp³-hybridized carbons (Fsp3) is 0.250. The summed E-state index contributed by atoms with van der Waals surface area (Å²) in [4.78, 5) is 22.1. The van der Waals surface area contributed by atoms with E-state index in [2.05, 4.69) is 15.4 Å². The molecule has 0 unspecified atom stereocenters. The van der Waals surface area contributed by atoms with Gasteiger partial charge in [0.05, 0.1) is 30.3 Å². The van der Waals surface area contributed by atoms with E-state index in [0.717, 1.165) is 12.1 Å². The average molecular weight is 308 g/mol. The predicted octanol–water partition coefficient (Wildman–Crippen LogP) is 1.27. The number of non-ortho nitro benzene ring substituents is 1. The van der Waals surface area contributed by atoms with Crippen LogP contribution in [0.5, 0.6) is 11.5 Å². The van der Waals surface area contributed by atoms with Gasteiger partial charge in [-0.2, -0.15) is 10.3 Å². The molecule has 2 N–H and O–H groups in total. The van der Waals surface area contributed by atoms with Crippen LogP contribution in [0.2, 0.25) is 0 Å². The number of phenols is 1. The van der Waals surface area contributed by atoms with Crippen LogP contribution in [-0.4, -0.2) is 45.1 Å². The Morgan fingerprint density at radius 3 is 2.77 bits per heavy atom. The molecule has 10 nitrogen and oxygen atoms in total. The quantitative estimate of drug-likeness (QED) is 0.478. The van der Waals surface area contributed by atoms with Crippen LogP contribution < -0.4 is 4.74 Å². The number of ether oxygens (including phenoxy) is 2. The van der Waals surface area contributed by atoms with E-state index >= 15 is 0 Å². The highest BCUT2D eigenvalue weighted by Crippen LogP contribution is 2.40. The predicted molar refractivity (Wildman–Crippen MR) is 72.6 cm³/mol. The van der Waals surface area contributed by atoms with Gasteiger partial charge in [0.15, 0.2) is 17.2 Å². The van der Waals surface area contributed by atoms with Crippen LogP contribution in [0.1, 0.15) is 17.4 Å². The van der Waals surface area contributed by atoms with Crippen molar-refractivity contribution in [1.29, 1.82) is 0 Å². The molecular formula is C12H12N4O6. The van der Waals surface area contributed by atoms with Gasteiger partial charge in [-0.1, -0.05) is 0 Å². The van der Waals surface area contributed by atoms with Gasteiger partial charge < -0.3 is 14.6 Å². The van der Waals surface area contributed by atoms with E-state index < -0.39 is 16.6 Å². The van der Waals surface area contributed by atoms with Crippen molar-refractivity contribution < 1.29 is 24.3 Å². The lowest BCUT2D eigenvalue weighted by atomic mass is 10.1. The maximum absolute atomic E-state index is 11.8. The van der Waals surface area contributed by atoms with Gasteiger partial charge in [0, 0.05) is 6.07 Å². The molecule has 10 heteroatoms. The number of carbonyl (C=O) groups is 1. The molecule has 0 amide bonds. The molecule has 0 saturated carbocycles. The fourth-order valence-electron chi connectivity index (χ4n) is 1.80. The van der Waals surface area contributed by atoms with Crippen molar-refractivity contribution in [2.24, 2.45) is 0 Å². The third-order valence-corrected chi connectivity index (χ3v) is 2.76. The number of methoxy groups -OCH3 is 1. The topological polar surface area (TPSA) is 140 Å². The maximum Gasteiger partial charge on any atom is 0.361 e. The van der Waals surface area contributed by atoms with E-state index in [1.807, 2.05) is 0 Å². The number of hydrogen-bond donors (Lipinski definition) is 2. The number of benzene rings is 1. The molecule has 2 aromatic rings. The number of carbonyl (C=O) groups excluding carboxylic acids is 1. The molecule has 1 aromatic heterocycles. The van der Waals surface area contributed by atoms with Crippen LogP contribution in [0.4, 0.5) is 5.69 Å². The Bertz CT molecular complexity index is 726. The number of aromatic hydroxyl groups is 1. The average Bonchev–Trinajstić information content (AvgIpc) is 2.96. The first-order valence-electron chi connectivity index (χ1n) is 6.13. The van der Waals surface area contributed by atoms with Crippen molar-refractivity contribution in [2.75, 3.05) is 13.7 Å². The number of phenolic OH excluding ortho intramolecular Hbond substituents is 1. The van der Waals surface area contributed by atoms with Crippen molar-refractivity contribution in [2.45, 2.75) is 6.92 Å². The summed E-state index contributed by atoms with van der Waals surface area (Å²) in [7, 11) is 1.25. The Hall–Kier alpha value is -3.17. The summed E-state index contributed by atoms with van der Waals surface area (Å²) in [6.45, 7) is 1.74. The Balaban J connectivity index is 2.62. The summed E-state index contributed by atoms with van der Waals surface area (Å²) in [5.41, 5.74) is -0.664. The number of hydrogen-bond acceptors (Lipinski definition) is 8. The highest BCUT2D eigenvalue weighted by atomic mass is 16.6. The molecule has 22 heavy (non-hydrogen) atoms. The number of nitrogens with zero attached hydrogens (tertiary/aromatic N) is 3. The van der Waals surface area contributed by atoms with Crippen molar-refractivity contribution in [3.05, 3.63) is 27.9 Å². The van der Waals surface area contributed by atoms with Gasteiger partial charge in [-0.3, -0.25) is 10.1 Å². The maximum atomic E-state index is 11.8. The van der Waals surface area contributed by atoms with Crippen LogP contribution >= 0.6 is 0 Å². The lowest BCUT2D eigenvalue weighted by Gasteiger charge is -2.08. The number of nitro groups is 1. The summed E-state index contributed by atoms with van der Waals surface area (Å²) in [5.74, 6) is -1.29. The van der Waals surface area contributed by atoms with Crippen molar-refractivity contribution in [3.8, 4) is 22.8 Å². The Labute approximate surface area is 123 Å². The second-order valence-corrected chi connectivity index (χ2v) is 4.04. The molecule has 1 heterocycles. The van der Waals surface area contributed by atoms with Gasteiger partial charge in [0.2, 0.25) is 0 Å². The number of aromatic nitrogens is 3. The number of nitrogens with one attached hydrogen (secondary N) is 1. The smallest absolute Gasteiger partial charge is 0.361 e. The number of rotatable bonds is 5. The molecule has 0 fully saturated rings. The molecule has 1 aromatic carbocycles. The van der Waals surface area contributed by atoms with Gasteiger partial charge in [0.1, 0.15) is 5.69 Å². The van der Waals surface area contributed by atoms with Crippen LogP contribution in [-0.2, 0) is 4.74 Å². The van der Waals surface area contributed by atoms with E-state index in [4.69, 9.17) is 9.47 Å². The molecule has 0 atom stereocenters. The SMILES string of the molecule is CCOC(=O)c1n[nH]nc1-c1cc([N+](=O)[O-])cc(OC)c1O. The zero-order valence-electron chi connectivity index (χ0n) is 11.7. The Kier molecular flexibility index (Phi) is 4.20. The van der Waals surface area contributed by atoms with Crippen LogP contribution in [0, 0.1) is 10.1 Å². The van der Waals surface area contributed by atoms with Gasteiger partial charge in [0.25, 0.3) is 5.69 Å². The number of nitro benzene ring substituents is 1. The molecule has 0 spiro atoms. The van der Waals surface area contributed by atoms with Gasteiger partial charge in [-0.25, -0.2) is 4.79 Å². The summed E-state index contributed by atoms with van der Waals surface area (Å²) in [6, 6.07) is 2.13. The van der Waals surface area contributed by atoms with E-state index in [1.54, 1.807) is 6.92 Å². The minimum atomic E-state index is -0.767. The van der Waals surface area contributed by atoms with Crippen LogP contribution in [0.25, 0.3) is 11.3 Å². The van der Waals surface area contributed by atoms with Crippen molar-refractivity contribution in [1.82, 2.24) is 15.4 Å². The highest BCUT2D eigenvalue weighted by Gasteiger charge is 2.25. The molecule has 0 radical (unpaired) electrons. The standard InChI is InChI=1S/C12H12N4O6/c1-3-22-12(18)10-9(13-15-14-10)7-4-6(16(19)20)5-8(21-2)11(7)17/h4-5,17H,3H2,1-2H3,(H,13,14,15). The zero-order valence-corrected chi connectivity index (χ0v) is 11.7. The van der Waals surface area contributed by atoms with E-state index in [-0.39, 0.29) is 35.0 Å². The second-order valence-electron chi connectivity index (χ2n) is 4.04. The molecular weight excluding hydrogens is 296 g/mol. The van der Waals surface area contributed by atoms with Crippen molar-refractivity contribution >= 4 is 11.7 Å². The lowest BCUT2D eigenvalue weighted by molar-refractivity contribution is -0.384. The first-order chi connectivity index (χ1) is 10.5. The minimum Gasteiger partial charge on any atom is -0.504 e. The van der Waals surface area contributed by atoms with Crippen LogP contribution in [0.3, 0.4) is 0 Å². The van der Waals surface area contributed by atoms with Crippen molar-refractivity contribution in [3.63, 3.8) is 0 Å². The van der Waals surface area contributed by atoms with E-state index in [9.17, 15) is 20.0 Å². The Morgan fingerprint density at radius 1 is 1.45 bits per heavy atom. The number of H-pyrrole nitrogens is 1. The van der Waals surface area contributed by atoms with Gasteiger partial charge >= 0.3 is 5.97 Å².